The van der Waals surface area contributed by atoms with Crippen molar-refractivity contribution in [1.29, 1.82) is 0 Å². The second-order valence-electron chi connectivity index (χ2n) is 3.79. The van der Waals surface area contributed by atoms with Gasteiger partial charge in [-0.25, -0.2) is 4.39 Å². The lowest BCUT2D eigenvalue weighted by Crippen LogP contribution is -2.12. The van der Waals surface area contributed by atoms with E-state index in [-0.39, 0.29) is 11.6 Å². The van der Waals surface area contributed by atoms with Gasteiger partial charge in [-0.05, 0) is 36.7 Å². The first-order chi connectivity index (χ1) is 8.17. The van der Waals surface area contributed by atoms with Crippen LogP contribution in [0, 0.1) is 5.82 Å². The van der Waals surface area contributed by atoms with Crippen molar-refractivity contribution in [2.75, 3.05) is 13.2 Å². The zero-order chi connectivity index (χ0) is 12.7. The van der Waals surface area contributed by atoms with Crippen molar-refractivity contribution in [2.45, 2.75) is 20.4 Å². The first-order valence-corrected chi connectivity index (χ1v) is 5.98. The van der Waals surface area contributed by atoms with Crippen molar-refractivity contribution < 1.29 is 9.13 Å². The van der Waals surface area contributed by atoms with Gasteiger partial charge in [0.05, 0.1) is 0 Å². The molecule has 0 radical (unpaired) electrons. The van der Waals surface area contributed by atoms with Gasteiger partial charge in [0.1, 0.15) is 6.61 Å². The van der Waals surface area contributed by atoms with Crippen LogP contribution in [-0.4, -0.2) is 13.2 Å². The maximum Gasteiger partial charge on any atom is 0.165 e. The Morgan fingerprint density at radius 1 is 1.53 bits per heavy atom. The first kappa shape index (κ1) is 14.0. The predicted molar refractivity (Wildman–Crippen MR) is 68.9 cm³/mol. The summed E-state index contributed by atoms with van der Waals surface area (Å²) < 4.78 is 18.9. The van der Waals surface area contributed by atoms with Gasteiger partial charge in [-0.2, -0.15) is 0 Å². The maximum absolute atomic E-state index is 13.6. The molecule has 0 atom stereocenters. The maximum atomic E-state index is 13.6. The first-order valence-electron chi connectivity index (χ1n) is 5.55. The van der Waals surface area contributed by atoms with Crippen molar-refractivity contribution in [2.24, 2.45) is 0 Å². The van der Waals surface area contributed by atoms with Gasteiger partial charge in [0, 0.05) is 12.1 Å². The Balaban J connectivity index is 2.62. The highest BCUT2D eigenvalue weighted by molar-refractivity contribution is 6.25. The normalized spacial score (nSPS) is 11.6. The SMILES string of the molecule is CCNCc1ccc(OC/C(C)=C/Cl)c(F)c1. The molecule has 0 aliphatic carbocycles. The van der Waals surface area contributed by atoms with E-state index in [0.717, 1.165) is 17.7 Å². The third-order valence-corrected chi connectivity index (χ3v) is 2.59. The van der Waals surface area contributed by atoms with Gasteiger partial charge >= 0.3 is 0 Å². The van der Waals surface area contributed by atoms with Gasteiger partial charge in [-0.15, -0.1) is 0 Å². The second-order valence-corrected chi connectivity index (χ2v) is 4.01. The van der Waals surface area contributed by atoms with Gasteiger partial charge in [-0.1, -0.05) is 24.6 Å². The monoisotopic (exact) mass is 257 g/mol. The average molecular weight is 258 g/mol. The molecule has 0 saturated carbocycles. The molecule has 0 aromatic heterocycles. The number of benzene rings is 1. The third-order valence-electron chi connectivity index (χ3n) is 2.22. The van der Waals surface area contributed by atoms with E-state index in [0.29, 0.717) is 13.2 Å². The Morgan fingerprint density at radius 2 is 2.29 bits per heavy atom. The molecular weight excluding hydrogens is 241 g/mol. The Labute approximate surface area is 106 Å². The van der Waals surface area contributed by atoms with Crippen molar-refractivity contribution in [3.63, 3.8) is 0 Å². The smallest absolute Gasteiger partial charge is 0.165 e. The van der Waals surface area contributed by atoms with Crippen LogP contribution < -0.4 is 10.1 Å². The fraction of sp³-hybridized carbons (Fsp3) is 0.385. The van der Waals surface area contributed by atoms with E-state index in [4.69, 9.17) is 16.3 Å². The van der Waals surface area contributed by atoms with Crippen LogP contribution in [0.3, 0.4) is 0 Å². The number of rotatable bonds is 6. The third kappa shape index (κ3) is 4.75. The van der Waals surface area contributed by atoms with E-state index in [1.165, 1.54) is 11.6 Å². The highest BCUT2D eigenvalue weighted by Gasteiger charge is 2.04. The van der Waals surface area contributed by atoms with E-state index in [2.05, 4.69) is 5.32 Å². The van der Waals surface area contributed by atoms with Gasteiger partial charge < -0.3 is 10.1 Å². The molecule has 0 aliphatic rings. The molecule has 0 fully saturated rings. The Hall–Kier alpha value is -1.06. The number of hydrogen-bond acceptors (Lipinski definition) is 2. The van der Waals surface area contributed by atoms with Gasteiger partial charge in [0.25, 0.3) is 0 Å². The summed E-state index contributed by atoms with van der Waals surface area (Å²) in [6.07, 6.45) is 0. The van der Waals surface area contributed by atoms with Crippen LogP contribution in [-0.2, 0) is 6.54 Å². The summed E-state index contributed by atoms with van der Waals surface area (Å²) >= 11 is 5.50. The summed E-state index contributed by atoms with van der Waals surface area (Å²) in [5, 5.41) is 3.14. The zero-order valence-corrected chi connectivity index (χ0v) is 10.9. The summed E-state index contributed by atoms with van der Waals surface area (Å²) in [7, 11) is 0. The largest absolute Gasteiger partial charge is 0.486 e. The van der Waals surface area contributed by atoms with Crippen molar-refractivity contribution >= 4 is 11.6 Å². The fourth-order valence-electron chi connectivity index (χ4n) is 1.26. The molecule has 4 heteroatoms. The van der Waals surface area contributed by atoms with Crippen LogP contribution >= 0.6 is 11.6 Å². The summed E-state index contributed by atoms with van der Waals surface area (Å²) in [5.41, 5.74) is 3.18. The van der Waals surface area contributed by atoms with E-state index in [1.54, 1.807) is 6.07 Å². The molecule has 17 heavy (non-hydrogen) atoms. The quantitative estimate of drug-likeness (QED) is 0.843. The second kappa shape index (κ2) is 7.30. The molecule has 1 N–H and O–H groups in total. The van der Waals surface area contributed by atoms with Crippen molar-refractivity contribution in [3.8, 4) is 5.75 Å². The lowest BCUT2D eigenvalue weighted by atomic mass is 10.2. The molecule has 0 bridgehead atoms. The Morgan fingerprint density at radius 3 is 2.88 bits per heavy atom. The highest BCUT2D eigenvalue weighted by atomic mass is 35.5. The standard InChI is InChI=1S/C13H17ClFNO/c1-3-16-8-11-4-5-13(12(15)6-11)17-9-10(2)7-14/h4-7,16H,3,8-9H2,1-2H3/b10-7+. The van der Waals surface area contributed by atoms with Crippen molar-refractivity contribution in [3.05, 3.63) is 40.7 Å². The van der Waals surface area contributed by atoms with Gasteiger partial charge in [0.2, 0.25) is 0 Å². The number of ether oxygens (including phenoxy) is 1. The van der Waals surface area contributed by atoms with E-state index >= 15 is 0 Å². The van der Waals surface area contributed by atoms with Crippen LogP contribution in [0.15, 0.2) is 29.3 Å². The molecular formula is C13H17ClFNO. The van der Waals surface area contributed by atoms with Gasteiger partial charge in [-0.3, -0.25) is 0 Å². The van der Waals surface area contributed by atoms with Gasteiger partial charge in [0.15, 0.2) is 11.6 Å². The Bertz CT molecular complexity index is 393. The molecule has 0 spiro atoms. The van der Waals surface area contributed by atoms with Crippen LogP contribution in [0.2, 0.25) is 0 Å². The lowest BCUT2D eigenvalue weighted by Gasteiger charge is -2.09. The minimum atomic E-state index is -0.345. The summed E-state index contributed by atoms with van der Waals surface area (Å²) in [4.78, 5) is 0. The minimum Gasteiger partial charge on any atom is -0.486 e. The topological polar surface area (TPSA) is 21.3 Å². The number of nitrogens with one attached hydrogen (secondary N) is 1. The summed E-state index contributed by atoms with van der Waals surface area (Å²) in [6.45, 7) is 5.65. The molecule has 1 rings (SSSR count). The van der Waals surface area contributed by atoms with Crippen LogP contribution in [0.5, 0.6) is 5.75 Å². The fourth-order valence-corrected chi connectivity index (χ4v) is 1.33. The molecule has 0 amide bonds. The molecule has 94 valence electrons. The molecule has 2 nitrogen and oxygen atoms in total. The molecule has 0 saturated heterocycles. The summed E-state index contributed by atoms with van der Waals surface area (Å²) in [5.74, 6) is -0.0918. The van der Waals surface area contributed by atoms with E-state index in [1.807, 2.05) is 19.9 Å². The molecule has 1 aromatic rings. The van der Waals surface area contributed by atoms with Crippen LogP contribution in [0.1, 0.15) is 19.4 Å². The van der Waals surface area contributed by atoms with Crippen LogP contribution in [0.25, 0.3) is 0 Å². The zero-order valence-electron chi connectivity index (χ0n) is 10.1. The van der Waals surface area contributed by atoms with E-state index in [9.17, 15) is 4.39 Å². The van der Waals surface area contributed by atoms with Crippen LogP contribution in [0.4, 0.5) is 4.39 Å². The lowest BCUT2D eigenvalue weighted by molar-refractivity contribution is 0.332. The van der Waals surface area contributed by atoms with Crippen molar-refractivity contribution in [1.82, 2.24) is 5.32 Å². The Kier molecular flexibility index (Phi) is 6.01. The predicted octanol–water partition coefficient (Wildman–Crippen LogP) is 3.46. The molecule has 0 heterocycles. The molecule has 1 aromatic carbocycles. The molecule has 0 unspecified atom stereocenters. The summed E-state index contributed by atoms with van der Waals surface area (Å²) in [6, 6.07) is 4.97. The highest BCUT2D eigenvalue weighted by Crippen LogP contribution is 2.19. The number of halogens is 2. The average Bonchev–Trinajstić information content (AvgIpc) is 2.34. The van der Waals surface area contributed by atoms with E-state index < -0.39 is 0 Å². The number of hydrogen-bond donors (Lipinski definition) is 1. The minimum absolute atomic E-state index is 0.253. The molecule has 0 aliphatic heterocycles.